The van der Waals surface area contributed by atoms with Gasteiger partial charge in [0, 0.05) is 45.9 Å². The fraction of sp³-hybridized carbons (Fsp3) is 0.174. The van der Waals surface area contributed by atoms with Crippen LogP contribution >= 0.6 is 0 Å². The smallest absolute Gasteiger partial charge is 0.276 e. The zero-order valence-electron chi connectivity index (χ0n) is 18.6. The Balaban J connectivity index is 1.58. The van der Waals surface area contributed by atoms with Crippen LogP contribution in [0.1, 0.15) is 16.1 Å². The number of benzene rings is 1. The summed E-state index contributed by atoms with van der Waals surface area (Å²) in [6.07, 6.45) is 6.62. The summed E-state index contributed by atoms with van der Waals surface area (Å²) in [5.74, 6) is 3.58. The molecule has 0 saturated heterocycles. The van der Waals surface area contributed by atoms with Crippen LogP contribution in [0.2, 0.25) is 0 Å². The van der Waals surface area contributed by atoms with Crippen molar-refractivity contribution in [2.45, 2.75) is 6.54 Å². The van der Waals surface area contributed by atoms with Gasteiger partial charge in [-0.25, -0.2) is 9.19 Å². The predicted molar refractivity (Wildman–Crippen MR) is 134 cm³/mol. The minimum atomic E-state index is -2.43. The highest BCUT2D eigenvalue weighted by Crippen LogP contribution is 2.26. The number of hydrogen-bond acceptors (Lipinski definition) is 6. The second-order valence-electron chi connectivity index (χ2n) is 8.15. The maximum Gasteiger partial charge on any atom is 0.276 e. The highest BCUT2D eigenvalue weighted by atomic mass is 32.2. The Hall–Kier alpha value is -3.76. The minimum absolute atomic E-state index is 0.279. The first-order chi connectivity index (χ1) is 15.7. The van der Waals surface area contributed by atoms with Gasteiger partial charge in [-0.15, -0.1) is 0 Å². The van der Waals surface area contributed by atoms with Gasteiger partial charge in [-0.3, -0.25) is 19.6 Å². The van der Waals surface area contributed by atoms with E-state index in [2.05, 4.69) is 47.0 Å². The van der Waals surface area contributed by atoms with Gasteiger partial charge in [0.15, 0.2) is 5.69 Å². The van der Waals surface area contributed by atoms with Gasteiger partial charge >= 0.3 is 0 Å². The molecule has 9 nitrogen and oxygen atoms in total. The molecule has 1 unspecified atom stereocenters. The minimum Gasteiger partial charge on any atom is -0.319 e. The second-order valence-corrected chi connectivity index (χ2v) is 10.4. The van der Waals surface area contributed by atoms with E-state index in [1.807, 2.05) is 44.7 Å². The third-order valence-electron chi connectivity index (χ3n) is 4.75. The summed E-state index contributed by atoms with van der Waals surface area (Å²) in [5.41, 5.74) is 4.54. The summed E-state index contributed by atoms with van der Waals surface area (Å²) >= 11 is 0. The second kappa shape index (κ2) is 9.00. The number of pyridine rings is 2. The normalized spacial score (nSPS) is 13.1. The van der Waals surface area contributed by atoms with E-state index in [4.69, 9.17) is 0 Å². The van der Waals surface area contributed by atoms with Crippen molar-refractivity contribution in [3.8, 4) is 11.1 Å². The molecule has 3 aromatic heterocycles. The average Bonchev–Trinajstić information content (AvgIpc) is 3.17. The number of anilines is 2. The molecule has 0 radical (unpaired) electrons. The van der Waals surface area contributed by atoms with Gasteiger partial charge in [-0.1, -0.05) is 6.07 Å². The van der Waals surface area contributed by atoms with Crippen LogP contribution in [-0.2, 0) is 16.3 Å². The highest BCUT2D eigenvalue weighted by Gasteiger charge is 2.16. The summed E-state index contributed by atoms with van der Waals surface area (Å²) in [7, 11) is 1.59. The number of rotatable bonds is 7. The molecule has 3 heterocycles. The lowest BCUT2D eigenvalue weighted by molar-refractivity contribution is 0.102. The summed E-state index contributed by atoms with van der Waals surface area (Å²) < 4.78 is 14.5. The first-order valence-corrected chi connectivity index (χ1v) is 12.3. The Labute approximate surface area is 192 Å². The van der Waals surface area contributed by atoms with Gasteiger partial charge in [0.05, 0.1) is 17.4 Å². The number of hydrogen-bond donors (Lipinski definition) is 3. The van der Waals surface area contributed by atoms with Gasteiger partial charge < -0.3 is 10.2 Å². The van der Waals surface area contributed by atoms with E-state index >= 15 is 0 Å². The van der Waals surface area contributed by atoms with E-state index in [1.54, 1.807) is 12.1 Å². The van der Waals surface area contributed by atoms with Crippen LogP contribution in [0, 0.1) is 0 Å². The van der Waals surface area contributed by atoms with Crippen LogP contribution in [0.5, 0.6) is 0 Å². The fourth-order valence-corrected chi connectivity index (χ4v) is 3.97. The van der Waals surface area contributed by atoms with Crippen molar-refractivity contribution in [1.82, 2.24) is 25.1 Å². The Morgan fingerprint density at radius 1 is 1.12 bits per heavy atom. The number of nitrogens with one attached hydrogen (secondary N) is 3. The lowest BCUT2D eigenvalue weighted by Gasteiger charge is -2.10. The molecule has 0 spiro atoms. The van der Waals surface area contributed by atoms with Crippen molar-refractivity contribution >= 4 is 43.9 Å². The predicted octanol–water partition coefficient (Wildman–Crippen LogP) is 3.01. The molecule has 0 saturated carbocycles. The molecule has 1 amide bonds. The Morgan fingerprint density at radius 2 is 1.94 bits per heavy atom. The first-order valence-electron chi connectivity index (χ1n) is 10.1. The first kappa shape index (κ1) is 22.4. The van der Waals surface area contributed by atoms with Gasteiger partial charge in [-0.05, 0) is 61.4 Å². The molecular formula is C23H25N7O2S. The summed E-state index contributed by atoms with van der Waals surface area (Å²) in [6, 6.07) is 11.2. The molecule has 0 aliphatic carbocycles. The van der Waals surface area contributed by atoms with Gasteiger partial charge in [0.25, 0.3) is 5.91 Å². The highest BCUT2D eigenvalue weighted by molar-refractivity contribution is 8.00. The van der Waals surface area contributed by atoms with Crippen molar-refractivity contribution in [1.29, 1.82) is 0 Å². The Morgan fingerprint density at radius 3 is 2.64 bits per heavy atom. The molecule has 0 fully saturated rings. The fourth-order valence-electron chi connectivity index (χ4n) is 3.40. The standard InChI is InChI=1S/C23H25N7O2S/c1-30(2)14-15-9-17(12-24-11-15)16-5-7-20-19(10-16)22(28-27-20)23(31)26-18-6-8-21(25-13-18)29-33(3,4)32/h5-13H,3,14H2,1-2,4H3,(H,26,31)(H,27,28)(H,25,29,32). The van der Waals surface area contributed by atoms with Gasteiger partial charge in [0.1, 0.15) is 5.82 Å². The number of aromatic amines is 1. The van der Waals surface area contributed by atoms with Crippen LogP contribution in [0.4, 0.5) is 11.5 Å². The van der Waals surface area contributed by atoms with E-state index in [1.165, 1.54) is 12.5 Å². The number of amides is 1. The molecule has 3 N–H and O–H groups in total. The van der Waals surface area contributed by atoms with Crippen molar-refractivity contribution < 1.29 is 9.00 Å². The molecule has 33 heavy (non-hydrogen) atoms. The lowest BCUT2D eigenvalue weighted by Crippen LogP contribution is -2.14. The van der Waals surface area contributed by atoms with Gasteiger partial charge in [-0.2, -0.15) is 5.10 Å². The molecule has 4 aromatic rings. The van der Waals surface area contributed by atoms with E-state index in [9.17, 15) is 9.00 Å². The SMILES string of the molecule is C=S(C)(=O)Nc1ccc(NC(=O)c2n[nH]c3ccc(-c4cncc(CN(C)C)c4)cc23)cn1. The topological polar surface area (TPSA) is 116 Å². The summed E-state index contributed by atoms with van der Waals surface area (Å²) in [4.78, 5) is 23.5. The molecule has 1 atom stereocenters. The number of nitrogens with zero attached hydrogens (tertiary/aromatic N) is 4. The molecule has 1 aromatic carbocycles. The Bertz CT molecular complexity index is 1410. The van der Waals surface area contributed by atoms with Crippen LogP contribution in [0.3, 0.4) is 0 Å². The zero-order valence-corrected chi connectivity index (χ0v) is 19.4. The third kappa shape index (κ3) is 5.54. The molecule has 0 bridgehead atoms. The maximum absolute atomic E-state index is 12.9. The van der Waals surface area contributed by atoms with Crippen LogP contribution < -0.4 is 10.0 Å². The number of aromatic nitrogens is 4. The zero-order chi connectivity index (χ0) is 23.6. The molecular weight excluding hydrogens is 438 g/mol. The van der Waals surface area contributed by atoms with E-state index < -0.39 is 9.71 Å². The monoisotopic (exact) mass is 463 g/mol. The molecule has 0 aliphatic rings. The average molecular weight is 464 g/mol. The third-order valence-corrected chi connectivity index (χ3v) is 5.39. The van der Waals surface area contributed by atoms with Crippen molar-refractivity contribution in [2.24, 2.45) is 0 Å². The van der Waals surface area contributed by atoms with Crippen LogP contribution in [0.15, 0.2) is 55.0 Å². The van der Waals surface area contributed by atoms with Gasteiger partial charge in [0.2, 0.25) is 0 Å². The van der Waals surface area contributed by atoms with Crippen LogP contribution in [0.25, 0.3) is 22.0 Å². The number of fused-ring (bicyclic) bond motifs is 1. The van der Waals surface area contributed by atoms with E-state index in [0.717, 1.165) is 28.8 Å². The van der Waals surface area contributed by atoms with Crippen LogP contribution in [-0.4, -0.2) is 61.4 Å². The van der Waals surface area contributed by atoms with E-state index in [-0.39, 0.29) is 11.6 Å². The molecule has 10 heteroatoms. The van der Waals surface area contributed by atoms with Crippen molar-refractivity contribution in [2.75, 3.05) is 30.4 Å². The largest absolute Gasteiger partial charge is 0.319 e. The number of carbonyl (C=O) groups is 1. The molecule has 0 aliphatic heterocycles. The molecule has 170 valence electrons. The maximum atomic E-state index is 12.9. The lowest BCUT2D eigenvalue weighted by atomic mass is 10.0. The molecule has 4 rings (SSSR count). The van der Waals surface area contributed by atoms with Crippen molar-refractivity contribution in [3.05, 3.63) is 66.2 Å². The Kier molecular flexibility index (Phi) is 6.12. The number of H-pyrrole nitrogens is 1. The summed E-state index contributed by atoms with van der Waals surface area (Å²) in [5, 5.41) is 10.6. The van der Waals surface area contributed by atoms with E-state index in [0.29, 0.717) is 16.9 Å². The quantitative estimate of drug-likeness (QED) is 0.363. The number of carbonyl (C=O) groups excluding carboxylic acids is 1. The van der Waals surface area contributed by atoms with Crippen molar-refractivity contribution in [3.63, 3.8) is 0 Å². The summed E-state index contributed by atoms with van der Waals surface area (Å²) in [6.45, 7) is 0.787.